The molecule has 1 aliphatic rings. The number of hydrogen-bond donors (Lipinski definition) is 2. The van der Waals surface area contributed by atoms with Gasteiger partial charge in [0.05, 0.1) is 0 Å². The lowest BCUT2D eigenvalue weighted by Crippen LogP contribution is -2.05. The smallest absolute Gasteiger partial charge is 0.119 e. The lowest BCUT2D eigenvalue weighted by atomic mass is 9.83. The molecule has 1 fully saturated rings. The van der Waals surface area contributed by atoms with E-state index in [4.69, 9.17) is 5.73 Å². The summed E-state index contributed by atoms with van der Waals surface area (Å²) in [4.78, 5) is 0. The van der Waals surface area contributed by atoms with Crippen LogP contribution in [-0.4, -0.2) is 5.11 Å². The number of phenols is 1. The van der Waals surface area contributed by atoms with Crippen molar-refractivity contribution in [3.05, 3.63) is 23.8 Å². The van der Waals surface area contributed by atoms with Gasteiger partial charge in [-0.3, -0.25) is 0 Å². The van der Waals surface area contributed by atoms with E-state index in [0.717, 1.165) is 11.3 Å². The van der Waals surface area contributed by atoms with Crippen LogP contribution in [0.25, 0.3) is 0 Å². The van der Waals surface area contributed by atoms with Gasteiger partial charge < -0.3 is 10.8 Å². The summed E-state index contributed by atoms with van der Waals surface area (Å²) >= 11 is 0. The van der Waals surface area contributed by atoms with Gasteiger partial charge in [-0.2, -0.15) is 0 Å². The van der Waals surface area contributed by atoms with Crippen LogP contribution in [0.2, 0.25) is 0 Å². The van der Waals surface area contributed by atoms with Crippen molar-refractivity contribution in [2.75, 3.05) is 5.73 Å². The number of benzene rings is 1. The summed E-state index contributed by atoms with van der Waals surface area (Å²) in [5.41, 5.74) is 7.52. The van der Waals surface area contributed by atoms with Crippen LogP contribution in [-0.2, 0) is 0 Å². The molecule has 84 valence electrons. The number of aromatic hydroxyl groups is 1. The highest BCUT2D eigenvalue weighted by Gasteiger charge is 2.18. The molecule has 0 spiro atoms. The van der Waals surface area contributed by atoms with Gasteiger partial charge in [0.2, 0.25) is 0 Å². The van der Waals surface area contributed by atoms with Gasteiger partial charge >= 0.3 is 0 Å². The molecule has 0 heterocycles. The highest BCUT2D eigenvalue weighted by Crippen LogP contribution is 2.37. The van der Waals surface area contributed by atoms with E-state index in [1.807, 2.05) is 6.07 Å². The summed E-state index contributed by atoms with van der Waals surface area (Å²) in [6, 6.07) is 5.38. The van der Waals surface area contributed by atoms with E-state index in [-0.39, 0.29) is 12.4 Å². The van der Waals surface area contributed by atoms with Crippen molar-refractivity contribution in [2.24, 2.45) is 0 Å². The monoisotopic (exact) mass is 227 g/mol. The lowest BCUT2D eigenvalue weighted by molar-refractivity contribution is 0.414. The first-order valence-electron chi connectivity index (χ1n) is 5.36. The van der Waals surface area contributed by atoms with E-state index in [9.17, 15) is 5.11 Å². The second kappa shape index (κ2) is 5.26. The van der Waals surface area contributed by atoms with Crippen LogP contribution in [0, 0.1) is 0 Å². The van der Waals surface area contributed by atoms with E-state index in [1.54, 1.807) is 12.1 Å². The van der Waals surface area contributed by atoms with Gasteiger partial charge in [0, 0.05) is 5.69 Å². The molecule has 1 saturated carbocycles. The van der Waals surface area contributed by atoms with Crippen molar-refractivity contribution in [3.63, 3.8) is 0 Å². The maximum Gasteiger partial charge on any atom is 0.119 e. The van der Waals surface area contributed by atoms with Crippen molar-refractivity contribution in [1.29, 1.82) is 0 Å². The Morgan fingerprint density at radius 2 is 1.80 bits per heavy atom. The SMILES string of the molecule is Cl.Nc1ccc(O)c(C2CCCCC2)c1. The van der Waals surface area contributed by atoms with Crippen LogP contribution < -0.4 is 5.73 Å². The van der Waals surface area contributed by atoms with Crippen LogP contribution >= 0.6 is 12.4 Å². The fourth-order valence-corrected chi connectivity index (χ4v) is 2.31. The third-order valence-electron chi connectivity index (χ3n) is 3.10. The molecule has 0 radical (unpaired) electrons. The Hall–Kier alpha value is -0.890. The highest BCUT2D eigenvalue weighted by molar-refractivity contribution is 5.85. The van der Waals surface area contributed by atoms with E-state index in [1.165, 1.54) is 32.1 Å². The highest BCUT2D eigenvalue weighted by atomic mass is 35.5. The average Bonchev–Trinajstić information content (AvgIpc) is 2.23. The molecule has 0 unspecified atom stereocenters. The zero-order valence-electron chi connectivity index (χ0n) is 8.78. The van der Waals surface area contributed by atoms with Gasteiger partial charge in [0.15, 0.2) is 0 Å². The molecule has 3 heteroatoms. The van der Waals surface area contributed by atoms with Crippen LogP contribution in [0.5, 0.6) is 5.75 Å². The Morgan fingerprint density at radius 3 is 2.47 bits per heavy atom. The number of hydrogen-bond acceptors (Lipinski definition) is 2. The third-order valence-corrected chi connectivity index (χ3v) is 3.10. The summed E-state index contributed by atoms with van der Waals surface area (Å²) in [6.07, 6.45) is 6.27. The van der Waals surface area contributed by atoms with E-state index in [0.29, 0.717) is 11.7 Å². The number of nitrogens with two attached hydrogens (primary N) is 1. The lowest BCUT2D eigenvalue weighted by Gasteiger charge is -2.22. The quantitative estimate of drug-likeness (QED) is 0.570. The van der Waals surface area contributed by atoms with Gasteiger partial charge in [-0.1, -0.05) is 19.3 Å². The van der Waals surface area contributed by atoms with Crippen LogP contribution in [0.3, 0.4) is 0 Å². The van der Waals surface area contributed by atoms with Crippen molar-refractivity contribution in [3.8, 4) is 5.75 Å². The number of phenolic OH excluding ortho intramolecular Hbond substituents is 1. The second-order valence-corrected chi connectivity index (χ2v) is 4.15. The first-order chi connectivity index (χ1) is 6.77. The van der Waals surface area contributed by atoms with E-state index >= 15 is 0 Å². The minimum Gasteiger partial charge on any atom is -0.508 e. The number of anilines is 1. The maximum atomic E-state index is 9.73. The summed E-state index contributed by atoms with van der Waals surface area (Å²) in [5, 5.41) is 9.73. The minimum atomic E-state index is 0. The minimum absolute atomic E-state index is 0. The Morgan fingerprint density at radius 1 is 1.13 bits per heavy atom. The van der Waals surface area contributed by atoms with Crippen LogP contribution in [0.1, 0.15) is 43.6 Å². The van der Waals surface area contributed by atoms with Gasteiger partial charge in [-0.05, 0) is 42.5 Å². The molecule has 15 heavy (non-hydrogen) atoms. The molecule has 0 aliphatic heterocycles. The Kier molecular flexibility index (Phi) is 4.28. The van der Waals surface area contributed by atoms with E-state index in [2.05, 4.69) is 0 Å². The fraction of sp³-hybridized carbons (Fsp3) is 0.500. The molecular weight excluding hydrogens is 210 g/mol. The zero-order chi connectivity index (χ0) is 9.97. The summed E-state index contributed by atoms with van der Waals surface area (Å²) < 4.78 is 0. The topological polar surface area (TPSA) is 46.2 Å². The van der Waals surface area contributed by atoms with Crippen molar-refractivity contribution >= 4 is 18.1 Å². The molecule has 0 bridgehead atoms. The molecular formula is C12H18ClNO. The van der Waals surface area contributed by atoms with Crippen LogP contribution in [0.15, 0.2) is 18.2 Å². The summed E-state index contributed by atoms with van der Waals surface area (Å²) in [5.74, 6) is 0.929. The molecule has 0 atom stereocenters. The van der Waals surface area contributed by atoms with E-state index < -0.39 is 0 Å². The van der Waals surface area contributed by atoms with Crippen molar-refractivity contribution < 1.29 is 5.11 Å². The fourth-order valence-electron chi connectivity index (χ4n) is 2.31. The first kappa shape index (κ1) is 12.2. The predicted octanol–water partition coefficient (Wildman–Crippen LogP) is 3.44. The molecule has 1 aliphatic carbocycles. The molecule has 2 nitrogen and oxygen atoms in total. The van der Waals surface area contributed by atoms with Gasteiger partial charge in [0.1, 0.15) is 5.75 Å². The Bertz CT molecular complexity index is 321. The second-order valence-electron chi connectivity index (χ2n) is 4.15. The molecule has 3 N–H and O–H groups in total. The largest absolute Gasteiger partial charge is 0.508 e. The maximum absolute atomic E-state index is 9.73. The number of rotatable bonds is 1. The zero-order valence-corrected chi connectivity index (χ0v) is 9.59. The van der Waals surface area contributed by atoms with Gasteiger partial charge in [0.25, 0.3) is 0 Å². The van der Waals surface area contributed by atoms with Crippen molar-refractivity contribution in [2.45, 2.75) is 38.0 Å². The summed E-state index contributed by atoms with van der Waals surface area (Å²) in [7, 11) is 0. The standard InChI is InChI=1S/C12H17NO.ClH/c13-10-6-7-12(14)11(8-10)9-4-2-1-3-5-9;/h6-9,14H,1-5,13H2;1H. The number of nitrogen functional groups attached to an aromatic ring is 1. The van der Waals surface area contributed by atoms with Crippen molar-refractivity contribution in [1.82, 2.24) is 0 Å². The molecule has 0 amide bonds. The average molecular weight is 228 g/mol. The summed E-state index contributed by atoms with van der Waals surface area (Å²) in [6.45, 7) is 0. The molecule has 0 aromatic heterocycles. The third kappa shape index (κ3) is 2.78. The Balaban J connectivity index is 0.00000112. The van der Waals surface area contributed by atoms with Gasteiger partial charge in [-0.15, -0.1) is 12.4 Å². The molecule has 1 aromatic carbocycles. The molecule has 0 saturated heterocycles. The first-order valence-corrected chi connectivity index (χ1v) is 5.36. The van der Waals surface area contributed by atoms with Crippen LogP contribution in [0.4, 0.5) is 5.69 Å². The molecule has 1 aromatic rings. The Labute approximate surface area is 96.9 Å². The molecule has 2 rings (SSSR count). The normalized spacial score (nSPS) is 17.1. The van der Waals surface area contributed by atoms with Gasteiger partial charge in [-0.25, -0.2) is 0 Å². The number of halogens is 1. The predicted molar refractivity (Wildman–Crippen MR) is 65.6 cm³/mol.